The van der Waals surface area contributed by atoms with E-state index >= 15 is 0 Å². The molecule has 0 spiro atoms. The molecule has 158 valence electrons. The Hall–Kier alpha value is -2.50. The zero-order chi connectivity index (χ0) is 20.2. The Morgan fingerprint density at radius 1 is 1.13 bits per heavy atom. The molecule has 2 N–H and O–H groups in total. The molecule has 1 aliphatic rings. The van der Waals surface area contributed by atoms with Crippen LogP contribution < -0.4 is 5.32 Å². The largest absolute Gasteiger partial charge is 0.393 e. The third-order valence-corrected chi connectivity index (χ3v) is 5.61. The summed E-state index contributed by atoms with van der Waals surface area (Å²) in [7, 11) is 0. The van der Waals surface area contributed by atoms with Crippen molar-refractivity contribution < 1.29 is 9.50 Å². The predicted octanol–water partition coefficient (Wildman–Crippen LogP) is 5.89. The number of aromatic nitrogens is 2. The minimum absolute atomic E-state index is 0. The molecular formula is C24H27ClFN3O. The highest BCUT2D eigenvalue weighted by Crippen LogP contribution is 2.31. The summed E-state index contributed by atoms with van der Waals surface area (Å²) < 4.78 is 13.3. The van der Waals surface area contributed by atoms with Crippen molar-refractivity contribution in [1.82, 2.24) is 9.97 Å². The first-order valence-corrected chi connectivity index (χ1v) is 10.2. The van der Waals surface area contributed by atoms with Crippen LogP contribution in [0, 0.1) is 11.7 Å². The van der Waals surface area contributed by atoms with Crippen LogP contribution in [0.1, 0.15) is 37.9 Å². The summed E-state index contributed by atoms with van der Waals surface area (Å²) in [6, 6.07) is 14.2. The number of aliphatic hydroxyl groups is 1. The van der Waals surface area contributed by atoms with Gasteiger partial charge in [0.2, 0.25) is 0 Å². The lowest BCUT2D eigenvalue weighted by atomic mass is 10.00. The molecule has 1 saturated carbocycles. The fourth-order valence-corrected chi connectivity index (χ4v) is 4.04. The van der Waals surface area contributed by atoms with Crippen molar-refractivity contribution in [3.8, 4) is 11.3 Å². The SMILES string of the molecule is C.O[C@H]1CC[C@@H](Cc2cc(-c3cccc(NCc4cccc(F)c4)n3)c(Cl)cn2)C1. The molecule has 0 radical (unpaired) electrons. The van der Waals surface area contributed by atoms with Gasteiger partial charge in [0.25, 0.3) is 0 Å². The van der Waals surface area contributed by atoms with Gasteiger partial charge in [-0.05, 0) is 67.5 Å². The summed E-state index contributed by atoms with van der Waals surface area (Å²) in [6.07, 6.45) is 5.04. The summed E-state index contributed by atoms with van der Waals surface area (Å²) in [5.41, 5.74) is 3.41. The minimum atomic E-state index is -0.253. The molecule has 0 saturated heterocycles. The molecule has 0 amide bonds. The van der Waals surface area contributed by atoms with Crippen molar-refractivity contribution in [2.75, 3.05) is 5.32 Å². The van der Waals surface area contributed by atoms with E-state index < -0.39 is 0 Å². The number of halogens is 2. The smallest absolute Gasteiger partial charge is 0.126 e. The second-order valence-electron chi connectivity index (χ2n) is 7.58. The van der Waals surface area contributed by atoms with Crippen LogP contribution in [-0.2, 0) is 13.0 Å². The normalized spacial score (nSPS) is 18.1. The van der Waals surface area contributed by atoms with E-state index in [0.717, 1.165) is 48.2 Å². The van der Waals surface area contributed by atoms with Crippen molar-refractivity contribution in [2.45, 2.75) is 45.8 Å². The second-order valence-corrected chi connectivity index (χ2v) is 7.99. The zero-order valence-electron chi connectivity index (χ0n) is 16.0. The number of pyridine rings is 2. The molecule has 30 heavy (non-hydrogen) atoms. The number of hydrogen-bond donors (Lipinski definition) is 2. The van der Waals surface area contributed by atoms with E-state index in [1.54, 1.807) is 12.3 Å². The Bertz CT molecular complexity index is 998. The molecular weight excluding hydrogens is 401 g/mol. The Labute approximate surface area is 182 Å². The third-order valence-electron chi connectivity index (χ3n) is 5.31. The van der Waals surface area contributed by atoms with E-state index in [-0.39, 0.29) is 19.3 Å². The van der Waals surface area contributed by atoms with Crippen LogP contribution >= 0.6 is 11.6 Å². The van der Waals surface area contributed by atoms with Crippen LogP contribution in [-0.4, -0.2) is 21.2 Å². The lowest BCUT2D eigenvalue weighted by Crippen LogP contribution is -2.05. The summed E-state index contributed by atoms with van der Waals surface area (Å²) in [6.45, 7) is 0.480. The zero-order valence-corrected chi connectivity index (χ0v) is 16.7. The van der Waals surface area contributed by atoms with Gasteiger partial charge in [-0.25, -0.2) is 9.37 Å². The number of benzene rings is 1. The van der Waals surface area contributed by atoms with E-state index in [4.69, 9.17) is 11.6 Å². The molecule has 1 fully saturated rings. The van der Waals surface area contributed by atoms with Gasteiger partial charge in [0.05, 0.1) is 16.8 Å². The maximum Gasteiger partial charge on any atom is 0.126 e. The summed E-state index contributed by atoms with van der Waals surface area (Å²) >= 11 is 6.41. The average molecular weight is 428 g/mol. The Morgan fingerprint density at radius 2 is 1.97 bits per heavy atom. The van der Waals surface area contributed by atoms with Gasteiger partial charge >= 0.3 is 0 Å². The van der Waals surface area contributed by atoms with Gasteiger partial charge in [-0.2, -0.15) is 0 Å². The Kier molecular flexibility index (Phi) is 7.40. The van der Waals surface area contributed by atoms with Gasteiger partial charge in [-0.15, -0.1) is 0 Å². The van der Waals surface area contributed by atoms with Crippen LogP contribution in [0.4, 0.5) is 10.2 Å². The molecule has 4 nitrogen and oxygen atoms in total. The maximum absolute atomic E-state index is 13.3. The molecule has 0 bridgehead atoms. The number of aliphatic hydroxyl groups excluding tert-OH is 1. The topological polar surface area (TPSA) is 58.0 Å². The highest BCUT2D eigenvalue weighted by atomic mass is 35.5. The Morgan fingerprint density at radius 3 is 2.73 bits per heavy atom. The number of anilines is 1. The minimum Gasteiger partial charge on any atom is -0.393 e. The van der Waals surface area contributed by atoms with E-state index in [1.807, 2.05) is 30.3 Å². The highest BCUT2D eigenvalue weighted by Gasteiger charge is 2.23. The number of hydrogen-bond acceptors (Lipinski definition) is 4. The van der Waals surface area contributed by atoms with E-state index in [9.17, 15) is 9.50 Å². The van der Waals surface area contributed by atoms with Crippen LogP contribution in [0.2, 0.25) is 5.02 Å². The summed E-state index contributed by atoms with van der Waals surface area (Å²) in [4.78, 5) is 9.14. The van der Waals surface area contributed by atoms with Gasteiger partial charge in [0.15, 0.2) is 0 Å². The molecule has 1 aliphatic carbocycles. The molecule has 2 heterocycles. The summed E-state index contributed by atoms with van der Waals surface area (Å²) in [5, 5.41) is 13.5. The molecule has 6 heteroatoms. The molecule has 0 unspecified atom stereocenters. The maximum atomic E-state index is 13.3. The van der Waals surface area contributed by atoms with Crippen molar-refractivity contribution in [2.24, 2.45) is 5.92 Å². The lowest BCUT2D eigenvalue weighted by molar-refractivity contribution is 0.177. The fourth-order valence-electron chi connectivity index (χ4n) is 3.84. The number of nitrogens with zero attached hydrogens (tertiary/aromatic N) is 2. The monoisotopic (exact) mass is 427 g/mol. The molecule has 2 aromatic heterocycles. The van der Waals surface area contributed by atoms with Crippen LogP contribution in [0.5, 0.6) is 0 Å². The van der Waals surface area contributed by atoms with Crippen molar-refractivity contribution in [3.63, 3.8) is 0 Å². The quantitative estimate of drug-likeness (QED) is 0.515. The van der Waals surface area contributed by atoms with Crippen molar-refractivity contribution >= 4 is 17.4 Å². The van der Waals surface area contributed by atoms with Crippen LogP contribution in [0.3, 0.4) is 0 Å². The number of nitrogens with one attached hydrogen (secondary N) is 1. The third kappa shape index (κ3) is 5.55. The van der Waals surface area contributed by atoms with Crippen molar-refractivity contribution in [1.29, 1.82) is 0 Å². The van der Waals surface area contributed by atoms with Gasteiger partial charge < -0.3 is 10.4 Å². The van der Waals surface area contributed by atoms with Gasteiger partial charge in [-0.3, -0.25) is 4.98 Å². The number of rotatable bonds is 6. The van der Waals surface area contributed by atoms with Crippen LogP contribution in [0.25, 0.3) is 11.3 Å². The lowest BCUT2D eigenvalue weighted by Gasteiger charge is -2.12. The van der Waals surface area contributed by atoms with E-state index in [1.165, 1.54) is 12.1 Å². The summed E-state index contributed by atoms with van der Waals surface area (Å²) in [5.74, 6) is 0.899. The molecule has 4 rings (SSSR count). The van der Waals surface area contributed by atoms with E-state index in [0.29, 0.717) is 23.3 Å². The average Bonchev–Trinajstić information content (AvgIpc) is 3.13. The highest BCUT2D eigenvalue weighted by molar-refractivity contribution is 6.33. The standard InChI is InChI=1S/C23H23ClFN3O.CH4/c24-21-14-26-18(10-15-7-8-19(29)11-15)12-20(21)22-5-2-6-23(28-22)27-13-16-3-1-4-17(25)9-16;/h1-6,9,12,14-15,19,29H,7-8,10-11,13H2,(H,27,28);1H4/t15-,19-;/m0./s1. The predicted molar refractivity (Wildman–Crippen MR) is 120 cm³/mol. The molecule has 2 atom stereocenters. The van der Waals surface area contributed by atoms with Gasteiger partial charge in [0.1, 0.15) is 11.6 Å². The van der Waals surface area contributed by atoms with Gasteiger partial charge in [0, 0.05) is 24.0 Å². The molecule has 3 aromatic rings. The van der Waals surface area contributed by atoms with Crippen molar-refractivity contribution in [3.05, 3.63) is 76.8 Å². The molecule has 1 aromatic carbocycles. The van der Waals surface area contributed by atoms with Crippen LogP contribution in [0.15, 0.2) is 54.7 Å². The first-order chi connectivity index (χ1) is 14.1. The Balaban J connectivity index is 0.00000256. The fraction of sp³-hybridized carbons (Fsp3) is 0.333. The molecule has 0 aliphatic heterocycles. The second kappa shape index (κ2) is 10.0. The first kappa shape index (κ1) is 22.2. The van der Waals surface area contributed by atoms with Gasteiger partial charge in [-0.1, -0.05) is 37.2 Å². The first-order valence-electron chi connectivity index (χ1n) is 9.85. The van der Waals surface area contributed by atoms with E-state index in [2.05, 4.69) is 15.3 Å².